The van der Waals surface area contributed by atoms with E-state index in [0.29, 0.717) is 23.6 Å². The summed E-state index contributed by atoms with van der Waals surface area (Å²) in [7, 11) is 0. The van der Waals surface area contributed by atoms with Gasteiger partial charge in [-0.3, -0.25) is 4.79 Å². The summed E-state index contributed by atoms with van der Waals surface area (Å²) in [6.45, 7) is 3.82. The number of hydrogen-bond donors (Lipinski definition) is 1. The van der Waals surface area contributed by atoms with Crippen LogP contribution in [0.5, 0.6) is 0 Å². The van der Waals surface area contributed by atoms with Crippen LogP contribution in [-0.4, -0.2) is 40.6 Å². The quantitative estimate of drug-likeness (QED) is 0.866. The summed E-state index contributed by atoms with van der Waals surface area (Å²) in [5.41, 5.74) is 1.08. The largest absolute Gasteiger partial charge is 0.395 e. The van der Waals surface area contributed by atoms with Gasteiger partial charge in [0, 0.05) is 25.7 Å². The summed E-state index contributed by atoms with van der Waals surface area (Å²) in [6.07, 6.45) is 5.40. The van der Waals surface area contributed by atoms with Crippen LogP contribution in [0.2, 0.25) is 0 Å². The summed E-state index contributed by atoms with van der Waals surface area (Å²) in [5, 5.41) is 8.79. The van der Waals surface area contributed by atoms with E-state index in [2.05, 4.69) is 23.7 Å². The average Bonchev–Trinajstić information content (AvgIpc) is 2.55. The van der Waals surface area contributed by atoms with Gasteiger partial charge in [0.05, 0.1) is 12.2 Å². The minimum Gasteiger partial charge on any atom is -0.395 e. The van der Waals surface area contributed by atoms with Crippen LogP contribution in [0, 0.1) is 17.8 Å². The number of rotatable bonds is 3. The number of piperidine rings is 1. The van der Waals surface area contributed by atoms with Crippen molar-refractivity contribution in [2.75, 3.05) is 19.7 Å². The summed E-state index contributed by atoms with van der Waals surface area (Å²) in [4.78, 5) is 18.8. The fraction of sp³-hybridized carbons (Fsp3) is 0.529. The molecule has 4 heteroatoms. The topological polar surface area (TPSA) is 53.4 Å². The van der Waals surface area contributed by atoms with Crippen LogP contribution in [0.25, 0.3) is 0 Å². The molecular formula is C17H22N2O2. The maximum Gasteiger partial charge on any atom is 0.273 e. The van der Waals surface area contributed by atoms with E-state index in [0.717, 1.165) is 25.9 Å². The number of amides is 1. The van der Waals surface area contributed by atoms with E-state index in [4.69, 9.17) is 5.11 Å². The molecule has 1 aliphatic heterocycles. The summed E-state index contributed by atoms with van der Waals surface area (Å²) in [5.74, 6) is 6.37. The smallest absolute Gasteiger partial charge is 0.273 e. The van der Waals surface area contributed by atoms with Gasteiger partial charge in [-0.2, -0.15) is 0 Å². The van der Waals surface area contributed by atoms with E-state index in [1.807, 2.05) is 11.0 Å². The van der Waals surface area contributed by atoms with Gasteiger partial charge in [0.15, 0.2) is 0 Å². The number of aliphatic hydroxyl groups is 1. The SMILES string of the molecule is CCC1CCCN(C(=O)c2ncccc2C#CCCO)C1. The number of aromatic nitrogens is 1. The number of hydrogen-bond acceptors (Lipinski definition) is 3. The van der Waals surface area contributed by atoms with Gasteiger partial charge in [0.2, 0.25) is 0 Å². The Bertz CT molecular complexity index is 545. The van der Waals surface area contributed by atoms with Crippen molar-refractivity contribution >= 4 is 5.91 Å². The van der Waals surface area contributed by atoms with Crippen molar-refractivity contribution in [3.63, 3.8) is 0 Å². The molecule has 0 spiro atoms. The molecule has 1 aromatic heterocycles. The van der Waals surface area contributed by atoms with Crippen molar-refractivity contribution < 1.29 is 9.90 Å². The number of carbonyl (C=O) groups is 1. The van der Waals surface area contributed by atoms with Crippen LogP contribution in [0.4, 0.5) is 0 Å². The third-order valence-corrected chi connectivity index (χ3v) is 3.85. The molecule has 21 heavy (non-hydrogen) atoms. The predicted molar refractivity (Wildman–Crippen MR) is 81.7 cm³/mol. The van der Waals surface area contributed by atoms with Crippen molar-refractivity contribution in [3.05, 3.63) is 29.6 Å². The minimum atomic E-state index is -0.0259. The molecule has 1 aliphatic rings. The van der Waals surface area contributed by atoms with Crippen molar-refractivity contribution in [1.29, 1.82) is 0 Å². The van der Waals surface area contributed by atoms with Crippen molar-refractivity contribution in [2.24, 2.45) is 5.92 Å². The first-order valence-corrected chi connectivity index (χ1v) is 7.60. The van der Waals surface area contributed by atoms with Crippen molar-refractivity contribution in [2.45, 2.75) is 32.6 Å². The molecule has 0 aliphatic carbocycles. The summed E-state index contributed by atoms with van der Waals surface area (Å²) in [6, 6.07) is 3.59. The van der Waals surface area contributed by atoms with Gasteiger partial charge >= 0.3 is 0 Å². The molecule has 1 fully saturated rings. The van der Waals surface area contributed by atoms with Gasteiger partial charge in [-0.25, -0.2) is 4.98 Å². The van der Waals surface area contributed by atoms with E-state index < -0.39 is 0 Å². The van der Waals surface area contributed by atoms with Crippen LogP contribution in [-0.2, 0) is 0 Å². The molecular weight excluding hydrogens is 264 g/mol. The second kappa shape index (κ2) is 7.80. The van der Waals surface area contributed by atoms with E-state index in [-0.39, 0.29) is 12.5 Å². The lowest BCUT2D eigenvalue weighted by atomic mass is 9.95. The number of likely N-dealkylation sites (tertiary alicyclic amines) is 1. The van der Waals surface area contributed by atoms with Crippen LogP contribution in [0.1, 0.15) is 48.7 Å². The molecule has 4 nitrogen and oxygen atoms in total. The van der Waals surface area contributed by atoms with Gasteiger partial charge < -0.3 is 10.0 Å². The molecule has 1 unspecified atom stereocenters. The van der Waals surface area contributed by atoms with Crippen LogP contribution >= 0.6 is 0 Å². The Hall–Kier alpha value is -1.86. The Balaban J connectivity index is 2.17. The summed E-state index contributed by atoms with van der Waals surface area (Å²) >= 11 is 0. The monoisotopic (exact) mass is 286 g/mol. The summed E-state index contributed by atoms with van der Waals surface area (Å²) < 4.78 is 0. The highest BCUT2D eigenvalue weighted by Crippen LogP contribution is 2.21. The molecule has 1 atom stereocenters. The Morgan fingerprint density at radius 2 is 2.43 bits per heavy atom. The molecule has 0 bridgehead atoms. The van der Waals surface area contributed by atoms with Gasteiger partial charge in [-0.1, -0.05) is 25.2 Å². The number of carbonyl (C=O) groups excluding carboxylic acids is 1. The maximum absolute atomic E-state index is 12.7. The van der Waals surface area contributed by atoms with Gasteiger partial charge in [-0.15, -0.1) is 0 Å². The van der Waals surface area contributed by atoms with Crippen molar-refractivity contribution in [1.82, 2.24) is 9.88 Å². The highest BCUT2D eigenvalue weighted by Gasteiger charge is 2.25. The van der Waals surface area contributed by atoms with Gasteiger partial charge in [0.1, 0.15) is 5.69 Å². The third kappa shape index (κ3) is 4.05. The number of nitrogens with zero attached hydrogens (tertiary/aromatic N) is 2. The normalized spacial score (nSPS) is 18.0. The second-order valence-corrected chi connectivity index (χ2v) is 5.34. The van der Waals surface area contributed by atoms with Gasteiger partial charge in [0.25, 0.3) is 5.91 Å². The van der Waals surface area contributed by atoms with E-state index in [9.17, 15) is 4.79 Å². The van der Waals surface area contributed by atoms with Crippen molar-refractivity contribution in [3.8, 4) is 11.8 Å². The molecule has 0 radical (unpaired) electrons. The average molecular weight is 286 g/mol. The van der Waals surface area contributed by atoms with Crippen LogP contribution in [0.15, 0.2) is 18.3 Å². The van der Waals surface area contributed by atoms with E-state index >= 15 is 0 Å². The molecule has 1 saturated heterocycles. The van der Waals surface area contributed by atoms with E-state index in [1.165, 1.54) is 6.42 Å². The molecule has 1 aromatic rings. The first kappa shape index (κ1) is 15.5. The second-order valence-electron chi connectivity index (χ2n) is 5.34. The third-order valence-electron chi connectivity index (χ3n) is 3.85. The molecule has 0 aromatic carbocycles. The molecule has 2 heterocycles. The van der Waals surface area contributed by atoms with Crippen LogP contribution < -0.4 is 0 Å². The maximum atomic E-state index is 12.7. The molecule has 112 valence electrons. The Labute approximate surface area is 126 Å². The fourth-order valence-corrected chi connectivity index (χ4v) is 2.62. The zero-order valence-electron chi connectivity index (χ0n) is 12.5. The lowest BCUT2D eigenvalue weighted by Crippen LogP contribution is -2.40. The highest BCUT2D eigenvalue weighted by molar-refractivity contribution is 5.94. The lowest BCUT2D eigenvalue weighted by Gasteiger charge is -2.32. The van der Waals surface area contributed by atoms with E-state index in [1.54, 1.807) is 12.3 Å². The Morgan fingerprint density at radius 3 is 3.19 bits per heavy atom. The zero-order chi connectivity index (χ0) is 15.1. The molecule has 0 saturated carbocycles. The Morgan fingerprint density at radius 1 is 1.57 bits per heavy atom. The lowest BCUT2D eigenvalue weighted by molar-refractivity contribution is 0.0665. The van der Waals surface area contributed by atoms with Gasteiger partial charge in [-0.05, 0) is 30.9 Å². The predicted octanol–water partition coefficient (Wildman–Crippen LogP) is 2.08. The Kier molecular flexibility index (Phi) is 5.77. The zero-order valence-corrected chi connectivity index (χ0v) is 12.5. The first-order chi connectivity index (χ1) is 10.3. The standard InChI is InChI=1S/C17H22N2O2/c1-2-14-7-6-11-19(13-14)17(21)16-15(8-3-4-12-20)9-5-10-18-16/h5,9-10,14,20H,2,4,6-7,11-13H2,1H3. The number of pyridine rings is 1. The molecule has 1 amide bonds. The first-order valence-electron chi connectivity index (χ1n) is 7.60. The molecule has 2 rings (SSSR count). The van der Waals surface area contributed by atoms with Crippen LogP contribution in [0.3, 0.4) is 0 Å². The highest BCUT2D eigenvalue weighted by atomic mass is 16.2. The minimum absolute atomic E-state index is 0.0259. The fourth-order valence-electron chi connectivity index (χ4n) is 2.62. The molecule has 1 N–H and O–H groups in total. The number of aliphatic hydroxyl groups excluding tert-OH is 1.